The molecule has 5 nitrogen and oxygen atoms in total. The number of anilines is 1. The van der Waals surface area contributed by atoms with Gasteiger partial charge in [-0.05, 0) is 23.8 Å². The number of amides is 1. The Hall–Kier alpha value is -2.95. The molecule has 0 aromatic heterocycles. The number of carbonyl (C=O) groups is 1. The minimum absolute atomic E-state index is 0.0470. The van der Waals surface area contributed by atoms with Gasteiger partial charge in [0.15, 0.2) is 0 Å². The Balaban J connectivity index is 2.34. The normalized spacial score (nSPS) is 10.5. The number of carbonyl (C=O) groups excluding carboxylic acids is 1. The summed E-state index contributed by atoms with van der Waals surface area (Å²) >= 11 is 0. The first kappa shape index (κ1) is 14.5. The molecule has 5 heteroatoms. The summed E-state index contributed by atoms with van der Waals surface area (Å²) < 4.78 is 0. The molecule has 0 aliphatic rings. The van der Waals surface area contributed by atoms with Crippen LogP contribution in [0.2, 0.25) is 0 Å². The van der Waals surface area contributed by atoms with Crippen molar-refractivity contribution in [3.63, 3.8) is 0 Å². The van der Waals surface area contributed by atoms with E-state index < -0.39 is 4.92 Å². The molecular formula is C16H14N2O3. The first-order chi connectivity index (χ1) is 10.1. The molecule has 0 aliphatic heterocycles. The van der Waals surface area contributed by atoms with Crippen molar-refractivity contribution in [3.05, 3.63) is 69.8 Å². The summed E-state index contributed by atoms with van der Waals surface area (Å²) in [7, 11) is 0. The van der Waals surface area contributed by atoms with Gasteiger partial charge >= 0.3 is 0 Å². The molecule has 1 amide bonds. The van der Waals surface area contributed by atoms with Gasteiger partial charge in [-0.25, -0.2) is 0 Å². The number of nitrogens with zero attached hydrogens (tertiary/aromatic N) is 1. The fourth-order valence-electron chi connectivity index (χ4n) is 1.92. The van der Waals surface area contributed by atoms with E-state index in [1.165, 1.54) is 13.0 Å². The zero-order valence-electron chi connectivity index (χ0n) is 11.4. The quantitative estimate of drug-likeness (QED) is 0.527. The standard InChI is InChI=1S/C16H14N2O3/c1-12(19)17-15-8-4-2-6-13(15)10-11-14-7-3-5-9-16(14)18(20)21/h2-11H,1H3,(H,17,19)/b11-10+. The fourth-order valence-corrected chi connectivity index (χ4v) is 1.92. The van der Waals surface area contributed by atoms with Crippen LogP contribution in [0.4, 0.5) is 11.4 Å². The second-order valence-corrected chi connectivity index (χ2v) is 4.42. The van der Waals surface area contributed by atoms with Gasteiger partial charge < -0.3 is 5.32 Å². The molecule has 0 fully saturated rings. The van der Waals surface area contributed by atoms with Crippen LogP contribution in [-0.4, -0.2) is 10.8 Å². The third-order valence-corrected chi connectivity index (χ3v) is 2.85. The average molecular weight is 282 g/mol. The highest BCUT2D eigenvalue weighted by atomic mass is 16.6. The summed E-state index contributed by atoms with van der Waals surface area (Å²) in [5.41, 5.74) is 2.01. The Labute approximate surface area is 122 Å². The summed E-state index contributed by atoms with van der Waals surface area (Å²) in [6.07, 6.45) is 3.41. The number of nitro groups is 1. The lowest BCUT2D eigenvalue weighted by atomic mass is 10.1. The molecule has 0 unspecified atom stereocenters. The zero-order chi connectivity index (χ0) is 15.2. The van der Waals surface area contributed by atoms with Crippen molar-refractivity contribution in [2.75, 3.05) is 5.32 Å². The van der Waals surface area contributed by atoms with Crippen LogP contribution in [0.1, 0.15) is 18.1 Å². The third kappa shape index (κ3) is 3.76. The van der Waals surface area contributed by atoms with Gasteiger partial charge in [-0.1, -0.05) is 36.4 Å². The van der Waals surface area contributed by atoms with Gasteiger partial charge in [0.25, 0.3) is 5.69 Å². The second kappa shape index (κ2) is 6.47. The Morgan fingerprint density at radius 2 is 1.62 bits per heavy atom. The van der Waals surface area contributed by atoms with E-state index in [1.54, 1.807) is 36.4 Å². The van der Waals surface area contributed by atoms with Crippen molar-refractivity contribution in [1.29, 1.82) is 0 Å². The lowest BCUT2D eigenvalue weighted by Gasteiger charge is -2.05. The van der Waals surface area contributed by atoms with E-state index in [-0.39, 0.29) is 11.6 Å². The molecule has 21 heavy (non-hydrogen) atoms. The summed E-state index contributed by atoms with van der Waals surface area (Å²) in [6, 6.07) is 13.8. The Morgan fingerprint density at radius 1 is 1.05 bits per heavy atom. The van der Waals surface area contributed by atoms with Gasteiger partial charge in [0.1, 0.15) is 0 Å². The van der Waals surface area contributed by atoms with Crippen molar-refractivity contribution < 1.29 is 9.72 Å². The second-order valence-electron chi connectivity index (χ2n) is 4.42. The van der Waals surface area contributed by atoms with E-state index in [1.807, 2.05) is 18.2 Å². The first-order valence-electron chi connectivity index (χ1n) is 6.36. The molecule has 0 atom stereocenters. The number of rotatable bonds is 4. The molecule has 1 N–H and O–H groups in total. The van der Waals surface area contributed by atoms with Crippen LogP contribution in [0.3, 0.4) is 0 Å². The van der Waals surface area contributed by atoms with Crippen molar-refractivity contribution >= 4 is 29.4 Å². The number of para-hydroxylation sites is 2. The van der Waals surface area contributed by atoms with E-state index in [2.05, 4.69) is 5.32 Å². The maximum Gasteiger partial charge on any atom is 0.276 e. The predicted octanol–water partition coefficient (Wildman–Crippen LogP) is 3.72. The topological polar surface area (TPSA) is 72.2 Å². The number of nitro benzene ring substituents is 1. The lowest BCUT2D eigenvalue weighted by molar-refractivity contribution is -0.385. The minimum Gasteiger partial charge on any atom is -0.326 e. The summed E-state index contributed by atoms with van der Waals surface area (Å²) in [5, 5.41) is 13.7. The molecule has 2 rings (SSSR count). The molecule has 0 heterocycles. The van der Waals surface area contributed by atoms with E-state index in [4.69, 9.17) is 0 Å². The lowest BCUT2D eigenvalue weighted by Crippen LogP contribution is -2.06. The summed E-state index contributed by atoms with van der Waals surface area (Å²) in [5.74, 6) is -0.165. The Morgan fingerprint density at radius 3 is 2.29 bits per heavy atom. The van der Waals surface area contributed by atoms with Crippen LogP contribution in [0.15, 0.2) is 48.5 Å². The highest BCUT2D eigenvalue weighted by molar-refractivity contribution is 5.92. The first-order valence-corrected chi connectivity index (χ1v) is 6.36. The number of benzene rings is 2. The van der Waals surface area contributed by atoms with Gasteiger partial charge in [-0.3, -0.25) is 14.9 Å². The average Bonchev–Trinajstić information content (AvgIpc) is 2.46. The van der Waals surface area contributed by atoms with E-state index in [0.29, 0.717) is 11.3 Å². The smallest absolute Gasteiger partial charge is 0.276 e. The van der Waals surface area contributed by atoms with Crippen LogP contribution in [0.25, 0.3) is 12.2 Å². The minimum atomic E-state index is -0.417. The van der Waals surface area contributed by atoms with Crippen molar-refractivity contribution in [1.82, 2.24) is 0 Å². The van der Waals surface area contributed by atoms with E-state index in [9.17, 15) is 14.9 Å². The SMILES string of the molecule is CC(=O)Nc1ccccc1/C=C/c1ccccc1[N+](=O)[O-]. The maximum atomic E-state index is 11.2. The Kier molecular flexibility index (Phi) is 4.46. The maximum absolute atomic E-state index is 11.2. The molecule has 2 aromatic rings. The van der Waals surface area contributed by atoms with Gasteiger partial charge in [0, 0.05) is 18.7 Å². The molecule has 0 radical (unpaired) electrons. The third-order valence-electron chi connectivity index (χ3n) is 2.85. The molecular weight excluding hydrogens is 268 g/mol. The van der Waals surface area contributed by atoms with Crippen LogP contribution < -0.4 is 5.32 Å². The van der Waals surface area contributed by atoms with Crippen LogP contribution >= 0.6 is 0 Å². The molecule has 0 saturated heterocycles. The van der Waals surface area contributed by atoms with Crippen LogP contribution in [-0.2, 0) is 4.79 Å². The van der Waals surface area contributed by atoms with Crippen molar-refractivity contribution in [2.45, 2.75) is 6.92 Å². The van der Waals surface area contributed by atoms with E-state index in [0.717, 1.165) is 5.56 Å². The van der Waals surface area contributed by atoms with Gasteiger partial charge in [-0.2, -0.15) is 0 Å². The Bertz CT molecular complexity index is 708. The zero-order valence-corrected chi connectivity index (χ0v) is 11.4. The van der Waals surface area contributed by atoms with E-state index >= 15 is 0 Å². The highest BCUT2D eigenvalue weighted by Crippen LogP contribution is 2.22. The van der Waals surface area contributed by atoms with Crippen molar-refractivity contribution in [2.24, 2.45) is 0 Å². The molecule has 106 valence electrons. The molecule has 0 bridgehead atoms. The number of hydrogen-bond acceptors (Lipinski definition) is 3. The van der Waals surface area contributed by atoms with Gasteiger partial charge in [0.2, 0.25) is 5.91 Å². The molecule has 0 saturated carbocycles. The highest BCUT2D eigenvalue weighted by Gasteiger charge is 2.09. The fraction of sp³-hybridized carbons (Fsp3) is 0.0625. The molecule has 2 aromatic carbocycles. The summed E-state index contributed by atoms with van der Waals surface area (Å²) in [4.78, 5) is 21.7. The predicted molar refractivity (Wildman–Crippen MR) is 82.8 cm³/mol. The number of nitrogens with one attached hydrogen (secondary N) is 1. The molecule has 0 aliphatic carbocycles. The monoisotopic (exact) mass is 282 g/mol. The van der Waals surface area contributed by atoms with Gasteiger partial charge in [-0.15, -0.1) is 0 Å². The van der Waals surface area contributed by atoms with Crippen LogP contribution in [0.5, 0.6) is 0 Å². The van der Waals surface area contributed by atoms with Gasteiger partial charge in [0.05, 0.1) is 10.5 Å². The van der Waals surface area contributed by atoms with Crippen LogP contribution in [0, 0.1) is 10.1 Å². The summed E-state index contributed by atoms with van der Waals surface area (Å²) in [6.45, 7) is 1.43. The molecule has 0 spiro atoms. The van der Waals surface area contributed by atoms with Crippen molar-refractivity contribution in [3.8, 4) is 0 Å². The largest absolute Gasteiger partial charge is 0.326 e. The number of hydrogen-bond donors (Lipinski definition) is 1.